The van der Waals surface area contributed by atoms with Gasteiger partial charge in [-0.25, -0.2) is 0 Å². The molecule has 2 unspecified atom stereocenters. The molecule has 1 rings (SSSR count). The van der Waals surface area contributed by atoms with Crippen molar-refractivity contribution in [3.05, 3.63) is 0 Å². The summed E-state index contributed by atoms with van der Waals surface area (Å²) in [5.74, 6) is 0.0289. The zero-order valence-electron chi connectivity index (χ0n) is 6.04. The summed E-state index contributed by atoms with van der Waals surface area (Å²) in [6.07, 6.45) is 0.889. The van der Waals surface area contributed by atoms with Crippen molar-refractivity contribution in [3.63, 3.8) is 0 Å². The second kappa shape index (κ2) is 3.12. The van der Waals surface area contributed by atoms with E-state index in [9.17, 15) is 9.90 Å². The third-order valence-corrected chi connectivity index (χ3v) is 1.84. The van der Waals surface area contributed by atoms with Crippen LogP contribution in [0.1, 0.15) is 19.3 Å². The second-order valence-corrected chi connectivity index (χ2v) is 2.58. The molecule has 2 atom stereocenters. The largest absolute Gasteiger partial charge is 0.390 e. The molecule has 3 nitrogen and oxygen atoms in total. The van der Waals surface area contributed by atoms with Gasteiger partial charge in [-0.3, -0.25) is 4.79 Å². The average molecular weight is 144 g/mol. The van der Waals surface area contributed by atoms with Crippen LogP contribution < -0.4 is 0 Å². The van der Waals surface area contributed by atoms with E-state index in [2.05, 4.69) is 0 Å². The molecule has 0 amide bonds. The van der Waals surface area contributed by atoms with Crippen LogP contribution in [0.4, 0.5) is 0 Å². The van der Waals surface area contributed by atoms with Crippen molar-refractivity contribution < 1.29 is 14.6 Å². The standard InChI is InChI=1S/C7H12O3/c1-10-7-5(8)3-2-4-6(7)9/h5,7-8H,2-4H2,1H3. The number of ether oxygens (including phenoxy) is 1. The fourth-order valence-electron chi connectivity index (χ4n) is 1.28. The molecule has 1 N–H and O–H groups in total. The Kier molecular flexibility index (Phi) is 2.40. The van der Waals surface area contributed by atoms with Gasteiger partial charge < -0.3 is 9.84 Å². The zero-order chi connectivity index (χ0) is 7.56. The highest BCUT2D eigenvalue weighted by Gasteiger charge is 2.29. The van der Waals surface area contributed by atoms with Crippen LogP contribution in [0.25, 0.3) is 0 Å². The Morgan fingerprint density at radius 3 is 2.80 bits per heavy atom. The highest BCUT2D eigenvalue weighted by atomic mass is 16.5. The van der Waals surface area contributed by atoms with Crippen LogP contribution in [0.15, 0.2) is 0 Å². The molecule has 0 bridgehead atoms. The summed E-state index contributed by atoms with van der Waals surface area (Å²) < 4.78 is 4.82. The number of aliphatic hydroxyl groups is 1. The quantitative estimate of drug-likeness (QED) is 0.568. The van der Waals surface area contributed by atoms with Crippen LogP contribution in [0.2, 0.25) is 0 Å². The molecule has 1 saturated carbocycles. The Morgan fingerprint density at radius 2 is 2.40 bits per heavy atom. The summed E-state index contributed by atoms with van der Waals surface area (Å²) in [5.41, 5.74) is 0. The lowest BCUT2D eigenvalue weighted by atomic mass is 9.94. The number of ketones is 1. The fraction of sp³-hybridized carbons (Fsp3) is 0.857. The summed E-state index contributed by atoms with van der Waals surface area (Å²) in [5, 5.41) is 9.19. The van der Waals surface area contributed by atoms with Crippen molar-refractivity contribution in [2.24, 2.45) is 0 Å². The van der Waals surface area contributed by atoms with E-state index in [-0.39, 0.29) is 5.78 Å². The molecule has 1 aliphatic carbocycles. The monoisotopic (exact) mass is 144 g/mol. The van der Waals surface area contributed by atoms with Crippen molar-refractivity contribution in [2.75, 3.05) is 7.11 Å². The molecule has 0 radical (unpaired) electrons. The average Bonchev–Trinajstić information content (AvgIpc) is 1.88. The second-order valence-electron chi connectivity index (χ2n) is 2.58. The molecule has 58 valence electrons. The Balaban J connectivity index is 2.53. The molecule has 0 aromatic carbocycles. The summed E-state index contributed by atoms with van der Waals surface area (Å²) in [6, 6.07) is 0. The molecule has 0 aliphatic heterocycles. The summed E-state index contributed by atoms with van der Waals surface area (Å²) >= 11 is 0. The van der Waals surface area contributed by atoms with E-state index in [0.717, 1.165) is 6.42 Å². The molecular formula is C7H12O3. The molecule has 0 heterocycles. The van der Waals surface area contributed by atoms with Gasteiger partial charge in [0.15, 0.2) is 5.78 Å². The molecule has 1 fully saturated rings. The number of methoxy groups -OCH3 is 1. The SMILES string of the molecule is COC1C(=O)CCCC1O. The minimum Gasteiger partial charge on any atom is -0.390 e. The normalized spacial score (nSPS) is 34.4. The highest BCUT2D eigenvalue weighted by molar-refractivity contribution is 5.84. The number of hydrogen-bond acceptors (Lipinski definition) is 3. The number of carbonyl (C=O) groups excluding carboxylic acids is 1. The molecular weight excluding hydrogens is 132 g/mol. The van der Waals surface area contributed by atoms with Crippen molar-refractivity contribution in [3.8, 4) is 0 Å². The number of hydrogen-bond donors (Lipinski definition) is 1. The minimum atomic E-state index is -0.578. The van der Waals surface area contributed by atoms with Crippen LogP contribution in [-0.2, 0) is 9.53 Å². The first-order chi connectivity index (χ1) is 4.75. The van der Waals surface area contributed by atoms with Crippen molar-refractivity contribution >= 4 is 5.78 Å². The van der Waals surface area contributed by atoms with Gasteiger partial charge >= 0.3 is 0 Å². The number of rotatable bonds is 1. The Bertz CT molecular complexity index is 133. The topological polar surface area (TPSA) is 46.5 Å². The van der Waals surface area contributed by atoms with Gasteiger partial charge in [-0.2, -0.15) is 0 Å². The Hall–Kier alpha value is -0.410. The number of aliphatic hydroxyl groups excluding tert-OH is 1. The van der Waals surface area contributed by atoms with E-state index in [1.165, 1.54) is 7.11 Å². The van der Waals surface area contributed by atoms with Crippen LogP contribution in [-0.4, -0.2) is 30.2 Å². The van der Waals surface area contributed by atoms with E-state index in [4.69, 9.17) is 4.74 Å². The predicted octanol–water partition coefficient (Wildman–Crippen LogP) is 0.115. The molecule has 3 heteroatoms. The third-order valence-electron chi connectivity index (χ3n) is 1.84. The van der Waals surface area contributed by atoms with Crippen LogP contribution in [0.3, 0.4) is 0 Å². The van der Waals surface area contributed by atoms with E-state index in [0.29, 0.717) is 12.8 Å². The van der Waals surface area contributed by atoms with Gasteiger partial charge in [-0.15, -0.1) is 0 Å². The third kappa shape index (κ3) is 1.36. The fourth-order valence-corrected chi connectivity index (χ4v) is 1.28. The molecule has 1 aliphatic rings. The molecule has 10 heavy (non-hydrogen) atoms. The maximum absolute atomic E-state index is 11.0. The van der Waals surface area contributed by atoms with Gasteiger partial charge in [0.2, 0.25) is 0 Å². The minimum absolute atomic E-state index is 0.0289. The van der Waals surface area contributed by atoms with Crippen molar-refractivity contribution in [2.45, 2.75) is 31.5 Å². The van der Waals surface area contributed by atoms with Gasteiger partial charge in [0, 0.05) is 13.5 Å². The number of carbonyl (C=O) groups is 1. The van der Waals surface area contributed by atoms with E-state index >= 15 is 0 Å². The van der Waals surface area contributed by atoms with E-state index in [1.54, 1.807) is 0 Å². The lowest BCUT2D eigenvalue weighted by Gasteiger charge is -2.24. The van der Waals surface area contributed by atoms with Crippen molar-refractivity contribution in [1.29, 1.82) is 0 Å². The molecule has 0 saturated heterocycles. The lowest BCUT2D eigenvalue weighted by molar-refractivity contribution is -0.139. The molecule has 0 aromatic heterocycles. The summed E-state index contributed by atoms with van der Waals surface area (Å²) in [6.45, 7) is 0. The lowest BCUT2D eigenvalue weighted by Crippen LogP contribution is -2.39. The van der Waals surface area contributed by atoms with Crippen LogP contribution in [0, 0.1) is 0 Å². The smallest absolute Gasteiger partial charge is 0.164 e. The van der Waals surface area contributed by atoms with E-state index in [1.807, 2.05) is 0 Å². The first-order valence-corrected chi connectivity index (χ1v) is 3.49. The Morgan fingerprint density at radius 1 is 1.70 bits per heavy atom. The zero-order valence-corrected chi connectivity index (χ0v) is 6.04. The highest BCUT2D eigenvalue weighted by Crippen LogP contribution is 2.17. The predicted molar refractivity (Wildman–Crippen MR) is 35.7 cm³/mol. The summed E-state index contributed by atoms with van der Waals surface area (Å²) in [7, 11) is 1.46. The van der Waals surface area contributed by atoms with Gasteiger partial charge in [-0.05, 0) is 12.8 Å². The van der Waals surface area contributed by atoms with Crippen LogP contribution >= 0.6 is 0 Å². The maximum Gasteiger partial charge on any atom is 0.164 e. The van der Waals surface area contributed by atoms with E-state index < -0.39 is 12.2 Å². The van der Waals surface area contributed by atoms with Gasteiger partial charge in [0.05, 0.1) is 6.10 Å². The summed E-state index contributed by atoms with van der Waals surface area (Å²) in [4.78, 5) is 11.0. The molecule has 0 aromatic rings. The maximum atomic E-state index is 11.0. The first-order valence-electron chi connectivity index (χ1n) is 3.49. The van der Waals surface area contributed by atoms with Crippen molar-refractivity contribution in [1.82, 2.24) is 0 Å². The van der Waals surface area contributed by atoms with Gasteiger partial charge in [-0.1, -0.05) is 0 Å². The Labute approximate surface area is 60.0 Å². The first kappa shape index (κ1) is 7.69. The van der Waals surface area contributed by atoms with Crippen LogP contribution in [0.5, 0.6) is 0 Å². The number of Topliss-reactive ketones (excluding diaryl/α,β-unsaturated/α-hetero) is 1. The molecule has 0 spiro atoms. The van der Waals surface area contributed by atoms with Gasteiger partial charge in [0.25, 0.3) is 0 Å². The van der Waals surface area contributed by atoms with Gasteiger partial charge in [0.1, 0.15) is 6.10 Å².